The number of hydrazone groups is 1. The Morgan fingerprint density at radius 3 is 2.58 bits per heavy atom. The highest BCUT2D eigenvalue weighted by atomic mass is 32.2. The third kappa shape index (κ3) is 5.00. The molecule has 2 aromatic rings. The van der Waals surface area contributed by atoms with E-state index in [9.17, 15) is 18.0 Å². The van der Waals surface area contributed by atoms with Crippen LogP contribution < -0.4 is 5.32 Å². The number of hydrogen-bond acceptors (Lipinski definition) is 6. The standard InChI is InChI=1S/C23H29N5O4S/c1-15-6-5-7-16(12-15)27-20(13-19(26-27)23(2,3)4)24-22(30)18-8-9-21(29)28(25-18)17-10-11-33(31,32)14-17/h5-7,12-13,17H,8-11,14H2,1-4H3,(H,24,30)/t17-/m0/s1. The summed E-state index contributed by atoms with van der Waals surface area (Å²) in [6.07, 6.45) is 0.653. The average molecular weight is 472 g/mol. The number of nitrogens with zero attached hydrogens (tertiary/aromatic N) is 4. The van der Waals surface area contributed by atoms with E-state index in [0.717, 1.165) is 16.9 Å². The van der Waals surface area contributed by atoms with Crippen molar-refractivity contribution >= 4 is 33.2 Å². The molecule has 1 N–H and O–H groups in total. The quantitative estimate of drug-likeness (QED) is 0.736. The summed E-state index contributed by atoms with van der Waals surface area (Å²) in [6, 6.07) is 9.14. The van der Waals surface area contributed by atoms with E-state index in [2.05, 4.69) is 10.4 Å². The first kappa shape index (κ1) is 23.2. The van der Waals surface area contributed by atoms with Crippen LogP contribution in [0.15, 0.2) is 35.4 Å². The average Bonchev–Trinajstić information content (AvgIpc) is 3.31. The Bertz CT molecular complexity index is 1240. The van der Waals surface area contributed by atoms with Crippen LogP contribution in [-0.2, 0) is 24.8 Å². The van der Waals surface area contributed by atoms with Crippen LogP contribution in [0.25, 0.3) is 5.69 Å². The van der Waals surface area contributed by atoms with Crippen molar-refractivity contribution in [1.82, 2.24) is 14.8 Å². The fourth-order valence-corrected chi connectivity index (χ4v) is 5.66. The van der Waals surface area contributed by atoms with Gasteiger partial charge in [0.1, 0.15) is 11.5 Å². The summed E-state index contributed by atoms with van der Waals surface area (Å²) in [5.41, 5.74) is 2.67. The van der Waals surface area contributed by atoms with Crippen LogP contribution in [0.3, 0.4) is 0 Å². The van der Waals surface area contributed by atoms with E-state index >= 15 is 0 Å². The van der Waals surface area contributed by atoms with E-state index in [4.69, 9.17) is 5.10 Å². The Labute approximate surface area is 193 Å². The van der Waals surface area contributed by atoms with Crippen molar-refractivity contribution in [1.29, 1.82) is 0 Å². The molecule has 0 unspecified atom stereocenters. The molecule has 1 saturated heterocycles. The smallest absolute Gasteiger partial charge is 0.273 e. The lowest BCUT2D eigenvalue weighted by molar-refractivity contribution is -0.133. The maximum atomic E-state index is 13.1. The molecule has 0 radical (unpaired) electrons. The first-order chi connectivity index (χ1) is 15.4. The minimum atomic E-state index is -3.18. The van der Waals surface area contributed by atoms with Gasteiger partial charge in [0.2, 0.25) is 5.91 Å². The van der Waals surface area contributed by atoms with Gasteiger partial charge in [0, 0.05) is 24.3 Å². The maximum absolute atomic E-state index is 13.1. The Hall–Kier alpha value is -3.01. The maximum Gasteiger partial charge on any atom is 0.273 e. The van der Waals surface area contributed by atoms with Gasteiger partial charge in [-0.15, -0.1) is 0 Å². The molecule has 1 fully saturated rings. The van der Waals surface area contributed by atoms with Gasteiger partial charge in [0.25, 0.3) is 5.91 Å². The van der Waals surface area contributed by atoms with E-state index in [0.29, 0.717) is 12.2 Å². The second-order valence-corrected chi connectivity index (χ2v) is 11.9. The molecular formula is C23H29N5O4S. The number of sulfone groups is 1. The third-order valence-corrected chi connectivity index (χ3v) is 7.59. The molecule has 2 amide bonds. The van der Waals surface area contributed by atoms with Crippen LogP contribution in [0.2, 0.25) is 0 Å². The highest BCUT2D eigenvalue weighted by molar-refractivity contribution is 7.91. The molecular weight excluding hydrogens is 442 g/mol. The van der Waals surface area contributed by atoms with Crippen molar-refractivity contribution in [3.8, 4) is 5.69 Å². The molecule has 0 spiro atoms. The van der Waals surface area contributed by atoms with Crippen molar-refractivity contribution < 1.29 is 18.0 Å². The lowest BCUT2D eigenvalue weighted by Gasteiger charge is -2.27. The monoisotopic (exact) mass is 471 g/mol. The van der Waals surface area contributed by atoms with Crippen LogP contribution in [0.1, 0.15) is 51.3 Å². The number of rotatable bonds is 4. The molecule has 0 aliphatic carbocycles. The SMILES string of the molecule is Cc1cccc(-n2nc(C(C)(C)C)cc2NC(=O)C2=NN([C@H]3CCS(=O)(=O)C3)C(=O)CC2)c1. The van der Waals surface area contributed by atoms with Gasteiger partial charge in [-0.25, -0.2) is 18.1 Å². The molecule has 3 heterocycles. The minimum Gasteiger partial charge on any atom is -0.305 e. The Balaban J connectivity index is 1.63. The number of aryl methyl sites for hydroxylation is 1. The summed E-state index contributed by atoms with van der Waals surface area (Å²) in [5.74, 6) is -0.267. The van der Waals surface area contributed by atoms with E-state index in [1.165, 1.54) is 5.01 Å². The zero-order valence-electron chi connectivity index (χ0n) is 19.3. The van der Waals surface area contributed by atoms with Crippen molar-refractivity contribution in [2.24, 2.45) is 5.10 Å². The highest BCUT2D eigenvalue weighted by Crippen LogP contribution is 2.27. The molecule has 1 atom stereocenters. The van der Waals surface area contributed by atoms with Crippen LogP contribution in [0.5, 0.6) is 0 Å². The van der Waals surface area contributed by atoms with Crippen LogP contribution >= 0.6 is 0 Å². The first-order valence-electron chi connectivity index (χ1n) is 11.0. The number of carbonyl (C=O) groups excluding carboxylic acids is 2. The van der Waals surface area contributed by atoms with Crippen molar-refractivity contribution in [2.75, 3.05) is 16.8 Å². The van der Waals surface area contributed by atoms with Gasteiger partial charge < -0.3 is 5.32 Å². The van der Waals surface area contributed by atoms with Gasteiger partial charge in [-0.2, -0.15) is 10.2 Å². The summed E-state index contributed by atoms with van der Waals surface area (Å²) in [7, 11) is -3.18. The van der Waals surface area contributed by atoms with Crippen LogP contribution in [0.4, 0.5) is 5.82 Å². The van der Waals surface area contributed by atoms with Gasteiger partial charge in [-0.3, -0.25) is 9.59 Å². The van der Waals surface area contributed by atoms with Gasteiger partial charge >= 0.3 is 0 Å². The molecule has 9 nitrogen and oxygen atoms in total. The first-order valence-corrected chi connectivity index (χ1v) is 12.8. The molecule has 33 heavy (non-hydrogen) atoms. The number of carbonyl (C=O) groups is 2. The van der Waals surface area contributed by atoms with Crippen molar-refractivity contribution in [2.45, 2.75) is 58.4 Å². The topological polar surface area (TPSA) is 114 Å². The van der Waals surface area contributed by atoms with E-state index in [1.807, 2.05) is 58.0 Å². The van der Waals surface area contributed by atoms with Crippen molar-refractivity contribution in [3.63, 3.8) is 0 Å². The lowest BCUT2D eigenvalue weighted by Crippen LogP contribution is -2.42. The number of amides is 2. The van der Waals surface area contributed by atoms with Crippen molar-refractivity contribution in [3.05, 3.63) is 41.6 Å². The second kappa shape index (κ2) is 8.40. The lowest BCUT2D eigenvalue weighted by atomic mass is 9.92. The van der Waals surface area contributed by atoms with Gasteiger partial charge in [0.15, 0.2) is 9.84 Å². The molecule has 0 bridgehead atoms. The molecule has 2 aliphatic heterocycles. The molecule has 2 aliphatic rings. The summed E-state index contributed by atoms with van der Waals surface area (Å²) in [5, 5.41) is 13.1. The third-order valence-electron chi connectivity index (χ3n) is 5.84. The Kier molecular flexibility index (Phi) is 5.90. The van der Waals surface area contributed by atoms with E-state index in [-0.39, 0.29) is 41.4 Å². The van der Waals surface area contributed by atoms with E-state index < -0.39 is 21.8 Å². The number of anilines is 1. The molecule has 0 saturated carbocycles. The number of nitrogens with one attached hydrogen (secondary N) is 1. The summed E-state index contributed by atoms with van der Waals surface area (Å²) in [4.78, 5) is 25.5. The number of aromatic nitrogens is 2. The normalized spacial score (nSPS) is 20.6. The fourth-order valence-electron chi connectivity index (χ4n) is 3.97. The molecule has 176 valence electrons. The fraction of sp³-hybridized carbons (Fsp3) is 0.478. The van der Waals surface area contributed by atoms with Crippen LogP contribution in [-0.4, -0.2) is 58.3 Å². The van der Waals surface area contributed by atoms with Crippen LogP contribution in [0, 0.1) is 6.92 Å². The second-order valence-electron chi connectivity index (χ2n) is 9.71. The highest BCUT2D eigenvalue weighted by Gasteiger charge is 2.37. The largest absolute Gasteiger partial charge is 0.305 e. The van der Waals surface area contributed by atoms with E-state index in [1.54, 1.807) is 4.68 Å². The number of hydrogen-bond donors (Lipinski definition) is 1. The van der Waals surface area contributed by atoms with Gasteiger partial charge in [-0.05, 0) is 31.0 Å². The number of benzene rings is 1. The molecule has 1 aromatic heterocycles. The molecule has 4 rings (SSSR count). The zero-order valence-corrected chi connectivity index (χ0v) is 20.1. The Morgan fingerprint density at radius 1 is 1.18 bits per heavy atom. The zero-order chi connectivity index (χ0) is 24.0. The summed E-state index contributed by atoms with van der Waals surface area (Å²) >= 11 is 0. The Morgan fingerprint density at radius 2 is 1.94 bits per heavy atom. The minimum absolute atomic E-state index is 0.0315. The van der Waals surface area contributed by atoms with Gasteiger partial charge in [0.05, 0.1) is 28.9 Å². The predicted molar refractivity (Wildman–Crippen MR) is 126 cm³/mol. The van der Waals surface area contributed by atoms with Gasteiger partial charge in [-0.1, -0.05) is 32.9 Å². The summed E-state index contributed by atoms with van der Waals surface area (Å²) < 4.78 is 25.4. The summed E-state index contributed by atoms with van der Waals surface area (Å²) in [6.45, 7) is 8.13. The molecule has 1 aromatic carbocycles. The molecule has 10 heteroatoms. The predicted octanol–water partition coefficient (Wildman–Crippen LogP) is 2.58.